The zero-order valence-electron chi connectivity index (χ0n) is 16.0. The van der Waals surface area contributed by atoms with E-state index < -0.39 is 0 Å². The van der Waals surface area contributed by atoms with Gasteiger partial charge in [0.1, 0.15) is 18.1 Å². The van der Waals surface area contributed by atoms with E-state index in [4.69, 9.17) is 9.15 Å². The van der Waals surface area contributed by atoms with E-state index in [0.717, 1.165) is 28.9 Å². The lowest BCUT2D eigenvalue weighted by molar-refractivity contribution is 0.0903. The SMILES string of the molecule is CCC(NC(=O)c1ccc(COc2cc(C)cc(C)c2)o1)c1ccccc1. The molecule has 3 rings (SSSR count). The molecule has 0 spiro atoms. The quantitative estimate of drug-likeness (QED) is 0.615. The van der Waals surface area contributed by atoms with Gasteiger partial charge in [-0.2, -0.15) is 0 Å². The second kappa shape index (κ2) is 8.58. The molecule has 1 unspecified atom stereocenters. The van der Waals surface area contributed by atoms with Crippen LogP contribution in [0.2, 0.25) is 0 Å². The molecule has 1 heterocycles. The fourth-order valence-corrected chi connectivity index (χ4v) is 3.08. The smallest absolute Gasteiger partial charge is 0.287 e. The average Bonchev–Trinajstić information content (AvgIpc) is 3.13. The van der Waals surface area contributed by atoms with Crippen LogP contribution >= 0.6 is 0 Å². The molecule has 0 saturated heterocycles. The monoisotopic (exact) mass is 363 g/mol. The van der Waals surface area contributed by atoms with E-state index in [2.05, 4.69) is 11.4 Å². The molecule has 1 amide bonds. The van der Waals surface area contributed by atoms with Crippen LogP contribution in [0.1, 0.15) is 52.4 Å². The molecule has 0 bridgehead atoms. The second-order valence-electron chi connectivity index (χ2n) is 6.72. The molecule has 0 aliphatic heterocycles. The standard InChI is InChI=1S/C23H25NO3/c1-4-21(18-8-6-5-7-9-18)24-23(25)22-11-10-19(27-22)15-26-20-13-16(2)12-17(3)14-20/h5-14,21H,4,15H2,1-3H3,(H,24,25). The first-order valence-electron chi connectivity index (χ1n) is 9.20. The van der Waals surface area contributed by atoms with Crippen molar-refractivity contribution >= 4 is 5.91 Å². The lowest BCUT2D eigenvalue weighted by Gasteiger charge is -2.16. The van der Waals surface area contributed by atoms with Crippen LogP contribution < -0.4 is 10.1 Å². The number of aryl methyl sites for hydroxylation is 2. The van der Waals surface area contributed by atoms with E-state index in [1.807, 2.05) is 63.2 Å². The zero-order valence-corrected chi connectivity index (χ0v) is 16.0. The third-order valence-electron chi connectivity index (χ3n) is 4.38. The number of hydrogen-bond donors (Lipinski definition) is 1. The molecule has 1 atom stereocenters. The molecule has 1 aromatic heterocycles. The number of hydrogen-bond acceptors (Lipinski definition) is 3. The van der Waals surface area contributed by atoms with Crippen LogP contribution in [0.4, 0.5) is 0 Å². The Morgan fingerprint density at radius 1 is 1.04 bits per heavy atom. The lowest BCUT2D eigenvalue weighted by Crippen LogP contribution is -2.27. The molecule has 1 N–H and O–H groups in total. The number of benzene rings is 2. The highest BCUT2D eigenvalue weighted by Crippen LogP contribution is 2.20. The van der Waals surface area contributed by atoms with Crippen LogP contribution in [0, 0.1) is 13.8 Å². The van der Waals surface area contributed by atoms with Gasteiger partial charge in [0.15, 0.2) is 5.76 Å². The van der Waals surface area contributed by atoms with Gasteiger partial charge in [-0.1, -0.05) is 43.3 Å². The minimum absolute atomic E-state index is 0.0428. The molecule has 0 aliphatic rings. The summed E-state index contributed by atoms with van der Waals surface area (Å²) in [5, 5.41) is 3.03. The van der Waals surface area contributed by atoms with Crippen molar-refractivity contribution in [2.24, 2.45) is 0 Å². The molecule has 0 radical (unpaired) electrons. The molecule has 4 nitrogen and oxygen atoms in total. The number of nitrogens with one attached hydrogen (secondary N) is 1. The molecule has 2 aromatic carbocycles. The van der Waals surface area contributed by atoms with Crippen LogP contribution in [0.5, 0.6) is 5.75 Å². The number of rotatable bonds is 7. The predicted molar refractivity (Wildman–Crippen MR) is 106 cm³/mol. The van der Waals surface area contributed by atoms with Crippen molar-refractivity contribution in [2.45, 2.75) is 39.8 Å². The Labute approximate surface area is 160 Å². The lowest BCUT2D eigenvalue weighted by atomic mass is 10.0. The Balaban J connectivity index is 1.61. The van der Waals surface area contributed by atoms with E-state index >= 15 is 0 Å². The summed E-state index contributed by atoms with van der Waals surface area (Å²) in [5.74, 6) is 1.49. The third kappa shape index (κ3) is 5.00. The van der Waals surface area contributed by atoms with Gasteiger partial charge in [0, 0.05) is 0 Å². The summed E-state index contributed by atoms with van der Waals surface area (Å²) in [7, 11) is 0. The maximum Gasteiger partial charge on any atom is 0.287 e. The maximum absolute atomic E-state index is 12.5. The summed E-state index contributed by atoms with van der Waals surface area (Å²) >= 11 is 0. The Bertz CT molecular complexity index is 879. The molecule has 3 aromatic rings. The van der Waals surface area contributed by atoms with Gasteiger partial charge in [-0.05, 0) is 61.2 Å². The molecule has 4 heteroatoms. The molecule has 0 saturated carbocycles. The van der Waals surface area contributed by atoms with Crippen LogP contribution in [0.3, 0.4) is 0 Å². The van der Waals surface area contributed by atoms with Crippen LogP contribution in [0.25, 0.3) is 0 Å². The van der Waals surface area contributed by atoms with Gasteiger partial charge in [0.25, 0.3) is 5.91 Å². The van der Waals surface area contributed by atoms with Crippen LogP contribution in [0.15, 0.2) is 65.1 Å². The molecular formula is C23H25NO3. The van der Waals surface area contributed by atoms with Gasteiger partial charge >= 0.3 is 0 Å². The minimum atomic E-state index is -0.219. The highest BCUT2D eigenvalue weighted by Gasteiger charge is 2.17. The topological polar surface area (TPSA) is 51.5 Å². The molecule has 0 fully saturated rings. The molecule has 0 aliphatic carbocycles. The van der Waals surface area contributed by atoms with Gasteiger partial charge in [0.05, 0.1) is 6.04 Å². The van der Waals surface area contributed by atoms with Crippen LogP contribution in [-0.4, -0.2) is 5.91 Å². The number of carbonyl (C=O) groups excluding carboxylic acids is 1. The minimum Gasteiger partial charge on any atom is -0.486 e. The largest absolute Gasteiger partial charge is 0.486 e. The van der Waals surface area contributed by atoms with E-state index in [0.29, 0.717) is 11.5 Å². The maximum atomic E-state index is 12.5. The Morgan fingerprint density at radius 2 is 1.74 bits per heavy atom. The molecule has 27 heavy (non-hydrogen) atoms. The predicted octanol–water partition coefficient (Wildman–Crippen LogP) is 5.36. The molecule has 140 valence electrons. The Kier molecular flexibility index (Phi) is 5.97. The fourth-order valence-electron chi connectivity index (χ4n) is 3.08. The van der Waals surface area contributed by atoms with Crippen molar-refractivity contribution < 1.29 is 13.9 Å². The van der Waals surface area contributed by atoms with Crippen molar-refractivity contribution in [1.82, 2.24) is 5.32 Å². The first-order valence-corrected chi connectivity index (χ1v) is 9.20. The summed E-state index contributed by atoms with van der Waals surface area (Å²) in [6, 6.07) is 19.4. The van der Waals surface area contributed by atoms with Crippen molar-refractivity contribution in [3.8, 4) is 5.75 Å². The fraction of sp³-hybridized carbons (Fsp3) is 0.261. The number of ether oxygens (including phenoxy) is 1. The zero-order chi connectivity index (χ0) is 19.2. The highest BCUT2D eigenvalue weighted by molar-refractivity contribution is 5.91. The second-order valence-corrected chi connectivity index (χ2v) is 6.72. The number of furan rings is 1. The van der Waals surface area contributed by atoms with E-state index in [-0.39, 0.29) is 18.6 Å². The van der Waals surface area contributed by atoms with Crippen LogP contribution in [-0.2, 0) is 6.61 Å². The van der Waals surface area contributed by atoms with E-state index in [1.165, 1.54) is 0 Å². The Hall–Kier alpha value is -3.01. The van der Waals surface area contributed by atoms with E-state index in [1.54, 1.807) is 12.1 Å². The summed E-state index contributed by atoms with van der Waals surface area (Å²) in [6.07, 6.45) is 0.805. The van der Waals surface area contributed by atoms with E-state index in [9.17, 15) is 4.79 Å². The molecular weight excluding hydrogens is 338 g/mol. The van der Waals surface area contributed by atoms with Crippen molar-refractivity contribution in [3.63, 3.8) is 0 Å². The summed E-state index contributed by atoms with van der Waals surface area (Å²) in [5.41, 5.74) is 3.38. The summed E-state index contributed by atoms with van der Waals surface area (Å²) in [4.78, 5) is 12.5. The Morgan fingerprint density at radius 3 is 2.41 bits per heavy atom. The highest BCUT2D eigenvalue weighted by atomic mass is 16.5. The van der Waals surface area contributed by atoms with Gasteiger partial charge in [0.2, 0.25) is 0 Å². The number of amides is 1. The summed E-state index contributed by atoms with van der Waals surface area (Å²) in [6.45, 7) is 6.40. The first-order chi connectivity index (χ1) is 13.0. The normalized spacial score (nSPS) is 11.8. The van der Waals surface area contributed by atoms with Gasteiger partial charge < -0.3 is 14.5 Å². The van der Waals surface area contributed by atoms with Gasteiger partial charge in [-0.3, -0.25) is 4.79 Å². The van der Waals surface area contributed by atoms with Crippen molar-refractivity contribution in [2.75, 3.05) is 0 Å². The average molecular weight is 363 g/mol. The first kappa shape index (κ1) is 18.8. The third-order valence-corrected chi connectivity index (χ3v) is 4.38. The number of carbonyl (C=O) groups is 1. The van der Waals surface area contributed by atoms with Gasteiger partial charge in [-0.25, -0.2) is 0 Å². The van der Waals surface area contributed by atoms with Gasteiger partial charge in [-0.15, -0.1) is 0 Å². The summed E-state index contributed by atoms with van der Waals surface area (Å²) < 4.78 is 11.5. The van der Waals surface area contributed by atoms with Crippen molar-refractivity contribution in [1.29, 1.82) is 0 Å². The van der Waals surface area contributed by atoms with Crippen molar-refractivity contribution in [3.05, 3.63) is 88.9 Å².